The molecule has 4 nitrogen and oxygen atoms in total. The monoisotopic (exact) mass is 211 g/mol. The van der Waals surface area contributed by atoms with Crippen molar-refractivity contribution in [1.82, 2.24) is 10.2 Å². The summed E-state index contributed by atoms with van der Waals surface area (Å²) in [5.74, 6) is 0. The minimum absolute atomic E-state index is 0.00838. The summed E-state index contributed by atoms with van der Waals surface area (Å²) in [6.07, 6.45) is -5.45. The van der Waals surface area contributed by atoms with Gasteiger partial charge >= 0.3 is 6.03 Å². The number of nitrogens with two attached hydrogens (primary N) is 1. The van der Waals surface area contributed by atoms with Crippen molar-refractivity contribution in [2.75, 3.05) is 19.6 Å². The van der Waals surface area contributed by atoms with E-state index in [0.717, 1.165) is 4.90 Å². The summed E-state index contributed by atoms with van der Waals surface area (Å²) in [4.78, 5) is 11.7. The van der Waals surface area contributed by atoms with Crippen LogP contribution in [0.3, 0.4) is 0 Å². The molecule has 0 spiro atoms. The van der Waals surface area contributed by atoms with Crippen LogP contribution < -0.4 is 11.1 Å². The number of carbonyl (C=O) groups is 1. The maximum Gasteiger partial charge on any atom is 0.315 e. The van der Waals surface area contributed by atoms with Gasteiger partial charge < -0.3 is 16.0 Å². The first kappa shape index (κ1) is 11.1. The second-order valence-corrected chi connectivity index (χ2v) is 3.08. The SMILES string of the molecule is NC(=O)N1CCNCC1C(F)C(F)F. The highest BCUT2D eigenvalue weighted by atomic mass is 19.3. The first-order valence-corrected chi connectivity index (χ1v) is 4.23. The van der Waals surface area contributed by atoms with Crippen LogP contribution in [0.15, 0.2) is 0 Å². The minimum Gasteiger partial charge on any atom is -0.351 e. The topological polar surface area (TPSA) is 58.4 Å². The number of hydrogen-bond acceptors (Lipinski definition) is 2. The van der Waals surface area contributed by atoms with Gasteiger partial charge in [-0.05, 0) is 0 Å². The molecule has 82 valence electrons. The van der Waals surface area contributed by atoms with Crippen LogP contribution in [0.25, 0.3) is 0 Å². The molecule has 0 aromatic rings. The number of urea groups is 1. The first-order valence-electron chi connectivity index (χ1n) is 4.23. The predicted molar refractivity (Wildman–Crippen MR) is 43.8 cm³/mol. The fraction of sp³-hybridized carbons (Fsp3) is 0.857. The van der Waals surface area contributed by atoms with Crippen molar-refractivity contribution >= 4 is 6.03 Å². The van der Waals surface area contributed by atoms with Crippen molar-refractivity contribution in [3.63, 3.8) is 0 Å². The largest absolute Gasteiger partial charge is 0.351 e. The maximum atomic E-state index is 13.0. The molecule has 2 unspecified atom stereocenters. The minimum atomic E-state index is -3.10. The molecule has 7 heteroatoms. The molecule has 2 amide bonds. The zero-order valence-electron chi connectivity index (χ0n) is 7.42. The smallest absolute Gasteiger partial charge is 0.315 e. The van der Waals surface area contributed by atoms with Gasteiger partial charge in [0.2, 0.25) is 0 Å². The molecule has 1 saturated heterocycles. The fourth-order valence-electron chi connectivity index (χ4n) is 1.45. The van der Waals surface area contributed by atoms with Gasteiger partial charge in [-0.1, -0.05) is 0 Å². The lowest BCUT2D eigenvalue weighted by Gasteiger charge is -2.36. The van der Waals surface area contributed by atoms with Crippen molar-refractivity contribution in [3.05, 3.63) is 0 Å². The Hall–Kier alpha value is -0.980. The Labute approximate surface area is 79.2 Å². The molecule has 0 radical (unpaired) electrons. The molecule has 2 atom stereocenters. The van der Waals surface area contributed by atoms with Crippen LogP contribution >= 0.6 is 0 Å². The molecule has 1 fully saturated rings. The van der Waals surface area contributed by atoms with Gasteiger partial charge in [-0.15, -0.1) is 0 Å². The third-order valence-corrected chi connectivity index (χ3v) is 2.17. The molecule has 14 heavy (non-hydrogen) atoms. The van der Waals surface area contributed by atoms with Crippen LogP contribution in [-0.2, 0) is 0 Å². The number of hydrogen-bond donors (Lipinski definition) is 2. The number of nitrogens with zero attached hydrogens (tertiary/aromatic N) is 1. The van der Waals surface area contributed by atoms with Crippen LogP contribution in [0, 0.1) is 0 Å². The Bertz CT molecular complexity index is 214. The lowest BCUT2D eigenvalue weighted by atomic mass is 10.1. The van der Waals surface area contributed by atoms with Crippen molar-refractivity contribution in [2.45, 2.75) is 18.6 Å². The fourth-order valence-corrected chi connectivity index (χ4v) is 1.45. The molecule has 0 saturated carbocycles. The van der Waals surface area contributed by atoms with E-state index < -0.39 is 24.7 Å². The average molecular weight is 211 g/mol. The van der Waals surface area contributed by atoms with Crippen LogP contribution in [0.4, 0.5) is 18.0 Å². The molecule has 0 aromatic heterocycles. The second kappa shape index (κ2) is 4.50. The lowest BCUT2D eigenvalue weighted by molar-refractivity contribution is -0.00295. The van der Waals surface area contributed by atoms with Crippen molar-refractivity contribution in [1.29, 1.82) is 0 Å². The zero-order valence-corrected chi connectivity index (χ0v) is 7.42. The number of rotatable bonds is 2. The second-order valence-electron chi connectivity index (χ2n) is 3.08. The highest BCUT2D eigenvalue weighted by molar-refractivity contribution is 5.72. The lowest BCUT2D eigenvalue weighted by Crippen LogP contribution is -2.60. The summed E-state index contributed by atoms with van der Waals surface area (Å²) in [7, 11) is 0. The average Bonchev–Trinajstić information content (AvgIpc) is 2.16. The van der Waals surface area contributed by atoms with Crippen LogP contribution in [0.1, 0.15) is 0 Å². The molecule has 1 heterocycles. The quantitative estimate of drug-likeness (QED) is 0.672. The molecule has 1 rings (SSSR count). The highest BCUT2D eigenvalue weighted by Crippen LogP contribution is 2.16. The molecule has 0 aromatic carbocycles. The van der Waals surface area contributed by atoms with E-state index in [1.165, 1.54) is 0 Å². The summed E-state index contributed by atoms with van der Waals surface area (Å²) < 4.78 is 37.1. The Morgan fingerprint density at radius 2 is 2.14 bits per heavy atom. The van der Waals surface area contributed by atoms with E-state index in [4.69, 9.17) is 5.73 Å². The molecular formula is C7H12F3N3O. The van der Waals surface area contributed by atoms with E-state index in [1.54, 1.807) is 0 Å². The van der Waals surface area contributed by atoms with Gasteiger partial charge in [0.15, 0.2) is 6.17 Å². The Kier molecular flexibility index (Phi) is 3.56. The van der Waals surface area contributed by atoms with E-state index in [9.17, 15) is 18.0 Å². The molecule has 3 N–H and O–H groups in total. The van der Waals surface area contributed by atoms with E-state index in [2.05, 4.69) is 5.32 Å². The molecular weight excluding hydrogens is 199 g/mol. The number of primary amides is 1. The van der Waals surface area contributed by atoms with Gasteiger partial charge in [-0.3, -0.25) is 0 Å². The number of nitrogens with one attached hydrogen (secondary N) is 1. The van der Waals surface area contributed by atoms with Crippen LogP contribution in [0.5, 0.6) is 0 Å². The van der Waals surface area contributed by atoms with Gasteiger partial charge in [-0.2, -0.15) is 0 Å². The van der Waals surface area contributed by atoms with E-state index in [-0.39, 0.29) is 13.1 Å². The molecule has 1 aliphatic heterocycles. The third kappa shape index (κ3) is 2.28. The van der Waals surface area contributed by atoms with Crippen LogP contribution in [0.2, 0.25) is 0 Å². The maximum absolute atomic E-state index is 13.0. The van der Waals surface area contributed by atoms with Crippen molar-refractivity contribution in [3.8, 4) is 0 Å². The van der Waals surface area contributed by atoms with Gasteiger partial charge in [0.1, 0.15) is 0 Å². The molecule has 0 bridgehead atoms. The van der Waals surface area contributed by atoms with E-state index >= 15 is 0 Å². The van der Waals surface area contributed by atoms with Gasteiger partial charge in [0.05, 0.1) is 6.04 Å². The summed E-state index contributed by atoms with van der Waals surface area (Å²) in [5, 5.41) is 2.73. The number of alkyl halides is 3. The van der Waals surface area contributed by atoms with E-state index in [1.807, 2.05) is 0 Å². The summed E-state index contributed by atoms with van der Waals surface area (Å²) >= 11 is 0. The summed E-state index contributed by atoms with van der Waals surface area (Å²) in [6, 6.07) is -2.03. The predicted octanol–water partition coefficient (Wildman–Crippen LogP) is -0.0579. The number of carbonyl (C=O) groups excluding carboxylic acids is 1. The molecule has 1 aliphatic rings. The normalized spacial score (nSPS) is 25.1. The third-order valence-electron chi connectivity index (χ3n) is 2.17. The summed E-state index contributed by atoms with van der Waals surface area (Å²) in [6.45, 7) is 0.608. The summed E-state index contributed by atoms with van der Waals surface area (Å²) in [5.41, 5.74) is 4.94. The van der Waals surface area contributed by atoms with Crippen LogP contribution in [-0.4, -0.2) is 49.2 Å². The van der Waals surface area contributed by atoms with E-state index in [0.29, 0.717) is 6.54 Å². The van der Waals surface area contributed by atoms with Crippen molar-refractivity contribution in [2.24, 2.45) is 5.73 Å². The number of piperazine rings is 1. The van der Waals surface area contributed by atoms with Gasteiger partial charge in [-0.25, -0.2) is 18.0 Å². The Morgan fingerprint density at radius 1 is 1.50 bits per heavy atom. The zero-order chi connectivity index (χ0) is 10.7. The van der Waals surface area contributed by atoms with Gasteiger partial charge in [0.25, 0.3) is 6.43 Å². The number of halogens is 3. The Balaban J connectivity index is 2.67. The molecule has 0 aliphatic carbocycles. The first-order chi connectivity index (χ1) is 6.54. The van der Waals surface area contributed by atoms with Crippen molar-refractivity contribution < 1.29 is 18.0 Å². The Morgan fingerprint density at radius 3 is 2.64 bits per heavy atom. The highest BCUT2D eigenvalue weighted by Gasteiger charge is 2.37. The number of amides is 2. The van der Waals surface area contributed by atoms with Gasteiger partial charge in [0, 0.05) is 19.6 Å². The standard InChI is InChI=1S/C7H12F3N3O/c8-5(6(9)10)4-3-12-1-2-13(4)7(11)14/h4-6,12H,1-3H2,(H2,11,14).